The Balaban J connectivity index is 1.29. The molecule has 8 heteroatoms. The number of carbonyl (C=O) groups excluding carboxylic acids is 1. The minimum absolute atomic E-state index is 0.145. The van der Waals surface area contributed by atoms with Crippen LogP contribution in [0.4, 0.5) is 5.82 Å². The highest BCUT2D eigenvalue weighted by atomic mass is 16.2. The van der Waals surface area contributed by atoms with Gasteiger partial charge in [-0.2, -0.15) is 0 Å². The molecule has 0 radical (unpaired) electrons. The van der Waals surface area contributed by atoms with Gasteiger partial charge in [-0.15, -0.1) is 5.10 Å². The highest BCUT2D eigenvalue weighted by Crippen LogP contribution is 2.17. The number of pyridine rings is 1. The van der Waals surface area contributed by atoms with E-state index in [2.05, 4.69) is 25.5 Å². The Labute approximate surface area is 174 Å². The molecular weight excluding hydrogens is 380 g/mol. The second-order valence-corrected chi connectivity index (χ2v) is 7.59. The molecule has 4 rings (SSSR count). The Morgan fingerprint density at radius 1 is 1.03 bits per heavy atom. The van der Waals surface area contributed by atoms with Crippen molar-refractivity contribution in [3.63, 3.8) is 0 Å². The monoisotopic (exact) mass is 406 g/mol. The van der Waals surface area contributed by atoms with E-state index in [4.69, 9.17) is 0 Å². The molecule has 0 aliphatic carbocycles. The molecule has 0 saturated carbocycles. The first-order valence-corrected chi connectivity index (χ1v) is 10.5. The van der Waals surface area contributed by atoms with Gasteiger partial charge >= 0.3 is 0 Å². The molecule has 0 spiro atoms. The zero-order valence-corrected chi connectivity index (χ0v) is 17.0. The smallest absolute Gasteiger partial charge is 0.277 e. The maximum Gasteiger partial charge on any atom is 0.277 e. The van der Waals surface area contributed by atoms with Gasteiger partial charge in [-0.3, -0.25) is 9.59 Å². The van der Waals surface area contributed by atoms with Gasteiger partial charge in [0, 0.05) is 32.3 Å². The molecule has 3 heterocycles. The Kier molecular flexibility index (Phi) is 6.32. The topological polar surface area (TPSA) is 93.0 Å². The molecule has 2 aromatic heterocycles. The summed E-state index contributed by atoms with van der Waals surface area (Å²) in [6.45, 7) is 2.71. The molecule has 8 nitrogen and oxygen atoms in total. The van der Waals surface area contributed by atoms with Crippen LogP contribution in [0.1, 0.15) is 37.7 Å². The van der Waals surface area contributed by atoms with Crippen molar-refractivity contribution in [2.45, 2.75) is 45.2 Å². The van der Waals surface area contributed by atoms with Crippen molar-refractivity contribution >= 4 is 22.6 Å². The number of rotatable bonds is 6. The lowest BCUT2D eigenvalue weighted by atomic mass is 10.2. The molecule has 1 aromatic carbocycles. The summed E-state index contributed by atoms with van der Waals surface area (Å²) in [5, 5.41) is 11.3. The summed E-state index contributed by atoms with van der Waals surface area (Å²) in [7, 11) is 0. The fraction of sp³-hybridized carbons (Fsp3) is 0.409. The van der Waals surface area contributed by atoms with Crippen molar-refractivity contribution in [1.29, 1.82) is 0 Å². The summed E-state index contributed by atoms with van der Waals surface area (Å²) in [5.41, 5.74) is 1.27. The third-order valence-corrected chi connectivity index (χ3v) is 5.41. The zero-order valence-electron chi connectivity index (χ0n) is 17.0. The van der Waals surface area contributed by atoms with Gasteiger partial charge in [0.2, 0.25) is 5.91 Å². The predicted molar refractivity (Wildman–Crippen MR) is 115 cm³/mol. The number of aromatic nitrogens is 4. The van der Waals surface area contributed by atoms with E-state index in [1.165, 1.54) is 30.4 Å². The minimum Gasteiger partial charge on any atom is -0.357 e. The van der Waals surface area contributed by atoms with Crippen molar-refractivity contribution < 1.29 is 4.79 Å². The van der Waals surface area contributed by atoms with Crippen LogP contribution in [0, 0.1) is 0 Å². The maximum atomic E-state index is 12.4. The Morgan fingerprint density at radius 3 is 2.60 bits per heavy atom. The molecule has 1 aliphatic rings. The van der Waals surface area contributed by atoms with Gasteiger partial charge in [0.1, 0.15) is 11.3 Å². The molecule has 1 saturated heterocycles. The predicted octanol–water partition coefficient (Wildman–Crippen LogP) is 2.27. The van der Waals surface area contributed by atoms with E-state index < -0.39 is 0 Å². The van der Waals surface area contributed by atoms with Crippen LogP contribution in [0.3, 0.4) is 0 Å². The van der Waals surface area contributed by atoms with Gasteiger partial charge in [0.05, 0.1) is 11.9 Å². The molecule has 0 atom stereocenters. The fourth-order valence-electron chi connectivity index (χ4n) is 3.67. The maximum absolute atomic E-state index is 12.4. The van der Waals surface area contributed by atoms with Crippen LogP contribution < -0.4 is 15.8 Å². The molecule has 156 valence electrons. The first-order chi connectivity index (χ1) is 14.7. The summed E-state index contributed by atoms with van der Waals surface area (Å²) in [6.07, 6.45) is 6.98. The number of anilines is 1. The molecule has 0 bridgehead atoms. The van der Waals surface area contributed by atoms with Crippen LogP contribution in [-0.4, -0.2) is 39.0 Å². The van der Waals surface area contributed by atoms with Crippen LogP contribution in [0.15, 0.2) is 47.4 Å². The summed E-state index contributed by atoms with van der Waals surface area (Å²) >= 11 is 0. The third kappa shape index (κ3) is 4.82. The standard InChI is InChI=1S/C22H26N6O2/c29-21(11-14-28-22(30)18-7-3-4-8-19(18)25-26-28)24-16-17-9-10-20(23-15-17)27-12-5-1-2-6-13-27/h3-4,7-10,15H,1-2,5-6,11-14,16H2,(H,24,29). The highest BCUT2D eigenvalue weighted by Gasteiger charge is 2.11. The van der Waals surface area contributed by atoms with Crippen LogP contribution in [0.25, 0.3) is 10.9 Å². The Hall–Kier alpha value is -3.29. The van der Waals surface area contributed by atoms with E-state index in [9.17, 15) is 9.59 Å². The molecular formula is C22H26N6O2. The molecule has 30 heavy (non-hydrogen) atoms. The number of nitrogens with zero attached hydrogens (tertiary/aromatic N) is 5. The number of carbonyl (C=O) groups is 1. The fourth-order valence-corrected chi connectivity index (χ4v) is 3.67. The quantitative estimate of drug-likeness (QED) is 0.675. The van der Waals surface area contributed by atoms with Gasteiger partial charge in [-0.1, -0.05) is 36.3 Å². The van der Waals surface area contributed by atoms with Gasteiger partial charge in [0.15, 0.2) is 0 Å². The van der Waals surface area contributed by atoms with Gasteiger partial charge in [-0.25, -0.2) is 9.67 Å². The number of nitrogens with one attached hydrogen (secondary N) is 1. The van der Waals surface area contributed by atoms with E-state index >= 15 is 0 Å². The van der Waals surface area contributed by atoms with Crippen LogP contribution in [0.2, 0.25) is 0 Å². The molecule has 0 unspecified atom stereocenters. The highest BCUT2D eigenvalue weighted by molar-refractivity contribution is 5.77. The van der Waals surface area contributed by atoms with Gasteiger partial charge in [0.25, 0.3) is 5.56 Å². The first-order valence-electron chi connectivity index (χ1n) is 10.5. The van der Waals surface area contributed by atoms with E-state index in [-0.39, 0.29) is 24.4 Å². The van der Waals surface area contributed by atoms with Crippen molar-refractivity contribution in [3.8, 4) is 0 Å². The van der Waals surface area contributed by atoms with E-state index in [0.717, 1.165) is 24.5 Å². The average Bonchev–Trinajstić information content (AvgIpc) is 3.07. The molecule has 1 aliphatic heterocycles. The van der Waals surface area contributed by atoms with E-state index in [1.54, 1.807) is 18.2 Å². The summed E-state index contributed by atoms with van der Waals surface area (Å²) in [4.78, 5) is 31.5. The third-order valence-electron chi connectivity index (χ3n) is 5.41. The SMILES string of the molecule is O=C(CCn1nnc2ccccc2c1=O)NCc1ccc(N2CCCCCC2)nc1. The largest absolute Gasteiger partial charge is 0.357 e. The number of hydrogen-bond acceptors (Lipinski definition) is 6. The number of amides is 1. The Morgan fingerprint density at radius 2 is 1.83 bits per heavy atom. The van der Waals surface area contributed by atoms with Gasteiger partial charge < -0.3 is 10.2 Å². The van der Waals surface area contributed by atoms with Gasteiger partial charge in [-0.05, 0) is 36.6 Å². The first kappa shape index (κ1) is 20.0. The summed E-state index contributed by atoms with van der Waals surface area (Å²) < 4.78 is 1.24. The molecule has 1 fully saturated rings. The summed E-state index contributed by atoms with van der Waals surface area (Å²) in [5.74, 6) is 0.856. The lowest BCUT2D eigenvalue weighted by Crippen LogP contribution is -2.29. The lowest BCUT2D eigenvalue weighted by Gasteiger charge is -2.21. The number of hydrogen-bond donors (Lipinski definition) is 1. The number of fused-ring (bicyclic) bond motifs is 1. The van der Waals surface area contributed by atoms with Crippen LogP contribution in [-0.2, 0) is 17.9 Å². The van der Waals surface area contributed by atoms with Crippen molar-refractivity contribution in [1.82, 2.24) is 25.3 Å². The van der Waals surface area contributed by atoms with Crippen LogP contribution >= 0.6 is 0 Å². The van der Waals surface area contributed by atoms with Crippen molar-refractivity contribution in [2.24, 2.45) is 0 Å². The minimum atomic E-state index is -0.235. The normalized spacial score (nSPS) is 14.5. The molecule has 1 N–H and O–H groups in total. The van der Waals surface area contributed by atoms with Crippen LogP contribution in [0.5, 0.6) is 0 Å². The van der Waals surface area contributed by atoms with Crippen molar-refractivity contribution in [3.05, 3.63) is 58.5 Å². The number of benzene rings is 1. The summed E-state index contributed by atoms with van der Waals surface area (Å²) in [6, 6.07) is 11.1. The average molecular weight is 406 g/mol. The Bertz CT molecular complexity index is 1060. The molecule has 3 aromatic rings. The lowest BCUT2D eigenvalue weighted by molar-refractivity contribution is -0.121. The second-order valence-electron chi connectivity index (χ2n) is 7.59. The van der Waals surface area contributed by atoms with E-state index in [0.29, 0.717) is 17.4 Å². The van der Waals surface area contributed by atoms with Crippen molar-refractivity contribution in [2.75, 3.05) is 18.0 Å². The molecule has 1 amide bonds. The van der Waals surface area contributed by atoms with E-state index in [1.807, 2.05) is 24.4 Å². The zero-order chi connectivity index (χ0) is 20.8. The number of aryl methyl sites for hydroxylation is 1. The second kappa shape index (κ2) is 9.47.